The number of carboxylic acid groups (broad SMARTS) is 1. The molecule has 2 aliphatic heterocycles. The molecule has 2 saturated heterocycles. The van der Waals surface area contributed by atoms with Crippen molar-refractivity contribution in [1.29, 1.82) is 0 Å². The number of aliphatic hydroxyl groups excluding tert-OH is 1. The number of carboxylic acids is 1. The number of carbonyl (C=O) groups is 3. The SMILES string of the molecule is CC[C@@H](/C=C/C=C/C[C@@H](C)[C@H](O[Si](C)(C)C(C)(C)C)[C@H](C)C(=O)[C@@H](C)[C@H](O[Si](C)(C)C(C)(C)C)[C@@H](C)C(=O)[C@@H](C)[C@H](O[Si](C)(C)C(C)(C)C)[C@@H](C)/C=C/C(=O)O)CC[C@@H]1O[C@@]2(CC[C@H](C)[C@H](C[C@@H](C)O[Si](C)(C)C(C)(C)C)O2)[C@H](C)[C@H](O)[C@@H]1C. The van der Waals surface area contributed by atoms with Gasteiger partial charge >= 0.3 is 5.97 Å². The lowest BCUT2D eigenvalue weighted by Gasteiger charge is -2.55. The van der Waals surface area contributed by atoms with Crippen LogP contribution in [0.25, 0.3) is 0 Å². The lowest BCUT2D eigenvalue weighted by atomic mass is 9.75. The highest BCUT2D eigenvalue weighted by Gasteiger charge is 2.55. The molecule has 0 aromatic heterocycles. The van der Waals surface area contributed by atoms with Gasteiger partial charge in [0.15, 0.2) is 39.1 Å². The monoisotopic (exact) mass is 1250 g/mol. The summed E-state index contributed by atoms with van der Waals surface area (Å²) in [5.41, 5.74) is 0. The van der Waals surface area contributed by atoms with Crippen LogP contribution in [0, 0.1) is 59.2 Å². The third-order valence-corrected chi connectivity index (χ3v) is 40.1. The van der Waals surface area contributed by atoms with Crippen LogP contribution in [0.3, 0.4) is 0 Å². The van der Waals surface area contributed by atoms with E-state index in [4.69, 9.17) is 27.2 Å². The van der Waals surface area contributed by atoms with E-state index in [0.29, 0.717) is 18.3 Å². The average Bonchev–Trinajstić information content (AvgIpc) is 3.56. The van der Waals surface area contributed by atoms with Crippen molar-refractivity contribution < 1.29 is 51.8 Å². The summed E-state index contributed by atoms with van der Waals surface area (Å²) in [6, 6.07) is 0. The zero-order valence-electron chi connectivity index (χ0n) is 59.8. The quantitative estimate of drug-likeness (QED) is 0.0402. The Morgan fingerprint density at radius 2 is 1.02 bits per heavy atom. The van der Waals surface area contributed by atoms with Crippen LogP contribution in [-0.2, 0) is 41.6 Å². The maximum atomic E-state index is 15.4. The van der Waals surface area contributed by atoms with Crippen molar-refractivity contribution in [3.05, 3.63) is 36.5 Å². The first kappa shape index (κ1) is 78.7. The van der Waals surface area contributed by atoms with Gasteiger partial charge in [0.25, 0.3) is 0 Å². The Morgan fingerprint density at radius 1 is 0.607 bits per heavy atom. The molecule has 18 atom stereocenters. The molecule has 2 aliphatic rings. The second-order valence-corrected chi connectivity index (χ2v) is 52.0. The molecular formula is C69H132O11Si4. The van der Waals surface area contributed by atoms with Crippen molar-refractivity contribution in [3.63, 3.8) is 0 Å². The number of hydrogen-bond acceptors (Lipinski definition) is 10. The van der Waals surface area contributed by atoms with Crippen LogP contribution < -0.4 is 0 Å². The summed E-state index contributed by atoms with van der Waals surface area (Å²) in [5, 5.41) is 21.1. The van der Waals surface area contributed by atoms with Crippen LogP contribution in [0.5, 0.6) is 0 Å². The van der Waals surface area contributed by atoms with E-state index in [1.807, 2.05) is 34.6 Å². The molecule has 2 N–H and O–H groups in total. The lowest BCUT2D eigenvalue weighted by Crippen LogP contribution is -2.61. The van der Waals surface area contributed by atoms with E-state index in [0.717, 1.165) is 44.6 Å². The highest BCUT2D eigenvalue weighted by atomic mass is 28.4. The fourth-order valence-electron chi connectivity index (χ4n) is 11.5. The summed E-state index contributed by atoms with van der Waals surface area (Å²) < 4.78 is 42.7. The van der Waals surface area contributed by atoms with Gasteiger partial charge in [0.1, 0.15) is 11.6 Å². The van der Waals surface area contributed by atoms with Crippen LogP contribution in [0.15, 0.2) is 36.5 Å². The van der Waals surface area contributed by atoms with Crippen molar-refractivity contribution in [1.82, 2.24) is 0 Å². The fourth-order valence-corrected chi connectivity index (χ4v) is 17.3. The highest BCUT2D eigenvalue weighted by molar-refractivity contribution is 6.75. The minimum atomic E-state index is -2.56. The zero-order valence-corrected chi connectivity index (χ0v) is 63.8. The van der Waals surface area contributed by atoms with E-state index in [1.54, 1.807) is 6.08 Å². The second-order valence-electron chi connectivity index (χ2n) is 33.0. The molecule has 0 unspecified atom stereocenters. The number of hydrogen-bond donors (Lipinski definition) is 2. The van der Waals surface area contributed by atoms with E-state index >= 15 is 9.59 Å². The summed E-state index contributed by atoms with van der Waals surface area (Å²) in [5.74, 6) is -4.15. The molecule has 0 bridgehead atoms. The first-order chi connectivity index (χ1) is 37.8. The van der Waals surface area contributed by atoms with Gasteiger partial charge in [-0.15, -0.1) is 0 Å². The largest absolute Gasteiger partial charge is 0.478 e. The molecule has 1 spiro atoms. The predicted octanol–water partition coefficient (Wildman–Crippen LogP) is 18.4. The number of carbonyl (C=O) groups excluding carboxylic acids is 2. The molecule has 0 aromatic carbocycles. The van der Waals surface area contributed by atoms with E-state index < -0.39 is 87.0 Å². The minimum Gasteiger partial charge on any atom is -0.478 e. The summed E-state index contributed by atoms with van der Waals surface area (Å²) in [6.45, 7) is 67.3. The summed E-state index contributed by atoms with van der Waals surface area (Å²) in [4.78, 5) is 42.3. The molecule has 2 rings (SSSR count). The molecule has 84 heavy (non-hydrogen) atoms. The standard InChI is InChI=1S/C69H132O11Si4/c1-32-55(39-40-56-49(6)61(74)54(11)69(75-56)43-42-45(2)57(76-69)44-48(5)77-81(24,25)65(12,13)14)37-35-33-34-36-46(3)62(78-82(26,27)66(15,16)17)50(7)59(72)52(9)64(80-84(30,31)68(21,22)23)53(10)60(73)51(8)63(47(4)38-41-58(70)71)79-83(28,29)67(18,19)20/h33-35,37-38,41,45-57,61-64,74H,32,36,39-40,42-44H2,1-31H3,(H,70,71)/b34-33+,37-35+,41-38+/t45-,46+,47-,48+,49+,50+,51+,52+,53-,54+,55-,56-,57-,61+,62-,63+,64-,69+/m0/s1. The van der Waals surface area contributed by atoms with Crippen LogP contribution >= 0.6 is 0 Å². The third-order valence-electron chi connectivity index (χ3n) is 22.1. The van der Waals surface area contributed by atoms with Gasteiger partial charge in [-0.3, -0.25) is 9.59 Å². The Morgan fingerprint density at radius 3 is 1.48 bits per heavy atom. The average molecular weight is 1250 g/mol. The van der Waals surface area contributed by atoms with Crippen molar-refractivity contribution in [2.45, 2.75) is 325 Å². The van der Waals surface area contributed by atoms with Gasteiger partial charge in [-0.1, -0.05) is 183 Å². The maximum absolute atomic E-state index is 15.4. The smallest absolute Gasteiger partial charge is 0.327 e. The highest BCUT2D eigenvalue weighted by Crippen LogP contribution is 2.49. The second kappa shape index (κ2) is 30.6. The van der Waals surface area contributed by atoms with E-state index in [2.05, 4.69) is 201 Å². The first-order valence-corrected chi connectivity index (χ1v) is 44.5. The first-order valence-electron chi connectivity index (χ1n) is 32.9. The molecule has 0 saturated carbocycles. The summed E-state index contributed by atoms with van der Waals surface area (Å²) in [6.07, 6.45) is 15.3. The van der Waals surface area contributed by atoms with Gasteiger partial charge in [0.05, 0.1) is 36.6 Å². The molecule has 15 heteroatoms. The Labute approximate surface area is 520 Å². The van der Waals surface area contributed by atoms with Crippen LogP contribution in [-0.4, -0.2) is 110 Å². The molecular weight excluding hydrogens is 1120 g/mol. The molecule has 2 fully saturated rings. The Bertz CT molecular complexity index is 2180. The summed E-state index contributed by atoms with van der Waals surface area (Å²) >= 11 is 0. The van der Waals surface area contributed by atoms with Crippen molar-refractivity contribution in [2.75, 3.05) is 0 Å². The van der Waals surface area contributed by atoms with Gasteiger partial charge in [-0.05, 0) is 136 Å². The van der Waals surface area contributed by atoms with E-state index in [-0.39, 0.29) is 79.8 Å². The van der Waals surface area contributed by atoms with E-state index in [1.165, 1.54) is 0 Å². The van der Waals surface area contributed by atoms with Gasteiger partial charge in [0.2, 0.25) is 0 Å². The third kappa shape index (κ3) is 20.8. The molecule has 2 heterocycles. The van der Waals surface area contributed by atoms with Crippen LogP contribution in [0.2, 0.25) is 72.5 Å². The summed E-state index contributed by atoms with van der Waals surface area (Å²) in [7, 11) is -9.35. The van der Waals surface area contributed by atoms with Gasteiger partial charge < -0.3 is 37.4 Å². The zero-order chi connectivity index (χ0) is 65.5. The topological polar surface area (TPSA) is 147 Å². The molecule has 11 nitrogen and oxygen atoms in total. The number of aliphatic carboxylic acids is 1. The van der Waals surface area contributed by atoms with Crippen LogP contribution in [0.1, 0.15) is 204 Å². The number of aliphatic hydroxyl groups is 1. The Hall–Kier alpha value is -1.38. The Kier molecular flexibility index (Phi) is 28.7. The number of ketones is 2. The number of allylic oxidation sites excluding steroid dienone is 4. The molecule has 490 valence electrons. The molecule has 0 aliphatic carbocycles. The lowest BCUT2D eigenvalue weighted by molar-refractivity contribution is -0.371. The molecule has 0 amide bonds. The van der Waals surface area contributed by atoms with Crippen molar-refractivity contribution in [2.24, 2.45) is 59.2 Å². The van der Waals surface area contributed by atoms with Gasteiger partial charge in [-0.2, -0.15) is 0 Å². The molecule has 0 aromatic rings. The number of Topliss-reactive ketones (excluding diaryl/α,β-unsaturated/α-hetero) is 2. The Balaban J connectivity index is 2.45. The maximum Gasteiger partial charge on any atom is 0.327 e. The molecule has 0 radical (unpaired) electrons. The predicted molar refractivity (Wildman–Crippen MR) is 361 cm³/mol. The van der Waals surface area contributed by atoms with Crippen molar-refractivity contribution in [3.8, 4) is 0 Å². The van der Waals surface area contributed by atoms with E-state index in [9.17, 15) is 15.0 Å². The van der Waals surface area contributed by atoms with Gasteiger partial charge in [0, 0.05) is 60.0 Å². The normalized spacial score (nSPS) is 27.1. The minimum absolute atomic E-state index is 0.00656. The number of rotatable bonds is 30. The van der Waals surface area contributed by atoms with Crippen LogP contribution in [0.4, 0.5) is 0 Å². The van der Waals surface area contributed by atoms with Gasteiger partial charge in [-0.25, -0.2) is 4.79 Å². The van der Waals surface area contributed by atoms with Crippen molar-refractivity contribution >= 4 is 50.8 Å². The number of ether oxygens (including phenoxy) is 2. The fraction of sp³-hybridized carbons (Fsp3) is 0.870.